The molecule has 1 fully saturated rings. The first-order valence-electron chi connectivity index (χ1n) is 14.7. The van der Waals surface area contributed by atoms with Crippen LogP contribution >= 0.6 is 9.24 Å². The van der Waals surface area contributed by atoms with Crippen LogP contribution in [-0.4, -0.2) is 49.3 Å². The predicted molar refractivity (Wildman–Crippen MR) is 168 cm³/mol. The number of carbonyl (C=O) groups is 1. The van der Waals surface area contributed by atoms with E-state index in [9.17, 15) is 9.90 Å². The maximum atomic E-state index is 13.3. The first-order valence-corrected chi connectivity index (χ1v) is 15.3. The van der Waals surface area contributed by atoms with Crippen molar-refractivity contribution in [2.75, 3.05) is 33.4 Å². The van der Waals surface area contributed by atoms with E-state index in [4.69, 9.17) is 10.5 Å². The predicted octanol–water partition coefficient (Wildman–Crippen LogP) is 5.47. The van der Waals surface area contributed by atoms with E-state index in [1.807, 2.05) is 29.2 Å². The molecular weight excluding hydrogens is 515 g/mol. The molecule has 0 aliphatic carbocycles. The minimum atomic E-state index is -1.00. The molecule has 0 radical (unpaired) electrons. The molecule has 5 nitrogen and oxygen atoms in total. The van der Waals surface area contributed by atoms with E-state index in [2.05, 4.69) is 58.6 Å². The molecule has 0 aromatic heterocycles. The summed E-state index contributed by atoms with van der Waals surface area (Å²) in [5.74, 6) is 0.108. The molecule has 0 saturated carbocycles. The average Bonchev–Trinajstić information content (AvgIpc) is 2.99. The Bertz CT molecular complexity index is 1250. The first-order chi connectivity index (χ1) is 19.4. The van der Waals surface area contributed by atoms with Crippen LogP contribution in [0.2, 0.25) is 0 Å². The molecule has 3 N–H and O–H groups in total. The highest BCUT2D eigenvalue weighted by Gasteiger charge is 2.42. The van der Waals surface area contributed by atoms with E-state index < -0.39 is 5.60 Å². The molecule has 1 saturated heterocycles. The van der Waals surface area contributed by atoms with Gasteiger partial charge in [-0.15, -0.1) is 9.24 Å². The minimum Gasteiger partial charge on any atom is -0.385 e. The summed E-state index contributed by atoms with van der Waals surface area (Å²) in [6, 6.07) is 22.7. The Morgan fingerprint density at radius 1 is 1.05 bits per heavy atom. The lowest BCUT2D eigenvalue weighted by Gasteiger charge is -2.43. The number of unbranched alkanes of at least 4 members (excludes halogenated alkanes) is 1. The minimum absolute atomic E-state index is 0.0472. The van der Waals surface area contributed by atoms with Crippen LogP contribution in [0.25, 0.3) is 11.1 Å². The van der Waals surface area contributed by atoms with Crippen LogP contribution in [0.3, 0.4) is 0 Å². The van der Waals surface area contributed by atoms with Crippen molar-refractivity contribution < 1.29 is 14.6 Å². The number of amides is 1. The second kappa shape index (κ2) is 14.4. The van der Waals surface area contributed by atoms with Crippen LogP contribution in [0.5, 0.6) is 0 Å². The van der Waals surface area contributed by atoms with E-state index in [0.29, 0.717) is 38.2 Å². The lowest BCUT2D eigenvalue weighted by atomic mass is 9.71. The maximum absolute atomic E-state index is 13.3. The average molecular weight is 561 g/mol. The third kappa shape index (κ3) is 7.01. The van der Waals surface area contributed by atoms with E-state index in [1.54, 1.807) is 7.11 Å². The van der Waals surface area contributed by atoms with Crippen molar-refractivity contribution in [2.24, 2.45) is 11.7 Å². The van der Waals surface area contributed by atoms with Gasteiger partial charge in [-0.05, 0) is 103 Å². The van der Waals surface area contributed by atoms with Crippen molar-refractivity contribution in [3.8, 4) is 11.1 Å². The highest BCUT2D eigenvalue weighted by Crippen LogP contribution is 2.44. The molecule has 1 amide bonds. The van der Waals surface area contributed by atoms with E-state index in [-0.39, 0.29) is 11.8 Å². The second-order valence-electron chi connectivity index (χ2n) is 11.0. The number of piperidine rings is 1. The van der Waals surface area contributed by atoms with Gasteiger partial charge in [-0.1, -0.05) is 61.5 Å². The zero-order valence-electron chi connectivity index (χ0n) is 24.1. The number of benzene rings is 3. The van der Waals surface area contributed by atoms with Gasteiger partial charge in [0.2, 0.25) is 0 Å². The quantitative estimate of drug-likeness (QED) is 0.227. The molecule has 0 bridgehead atoms. The van der Waals surface area contributed by atoms with Gasteiger partial charge < -0.3 is 20.5 Å². The molecule has 1 aliphatic heterocycles. The maximum Gasteiger partial charge on any atom is 0.253 e. The van der Waals surface area contributed by atoms with Gasteiger partial charge in [0, 0.05) is 32.4 Å². The summed E-state index contributed by atoms with van der Waals surface area (Å²) in [5.41, 5.74) is 11.0. The van der Waals surface area contributed by atoms with Crippen LogP contribution in [0, 0.1) is 5.92 Å². The van der Waals surface area contributed by atoms with Crippen LogP contribution in [-0.2, 0) is 23.2 Å². The number of methoxy groups -OCH3 is 1. The van der Waals surface area contributed by atoms with Gasteiger partial charge in [0.05, 0.1) is 5.60 Å². The van der Waals surface area contributed by atoms with Gasteiger partial charge in [0.1, 0.15) is 0 Å². The van der Waals surface area contributed by atoms with Crippen molar-refractivity contribution in [3.63, 3.8) is 0 Å². The van der Waals surface area contributed by atoms with Crippen molar-refractivity contribution in [1.82, 2.24) is 4.90 Å². The zero-order valence-corrected chi connectivity index (χ0v) is 25.2. The van der Waals surface area contributed by atoms with E-state index in [1.165, 1.54) is 5.56 Å². The van der Waals surface area contributed by atoms with Crippen LogP contribution in [0.15, 0.2) is 66.7 Å². The van der Waals surface area contributed by atoms with E-state index >= 15 is 0 Å². The Morgan fingerprint density at radius 3 is 2.45 bits per heavy atom. The third-order valence-corrected chi connectivity index (χ3v) is 8.92. The molecule has 0 spiro atoms. The van der Waals surface area contributed by atoms with Gasteiger partial charge in [-0.2, -0.15) is 0 Å². The number of ether oxygens (including phenoxy) is 1. The number of aliphatic hydroxyl groups is 1. The number of hydrogen-bond donors (Lipinski definition) is 2. The highest BCUT2D eigenvalue weighted by atomic mass is 31.0. The fraction of sp³-hybridized carbons (Fsp3) is 0.441. The molecule has 40 heavy (non-hydrogen) atoms. The van der Waals surface area contributed by atoms with Crippen molar-refractivity contribution in [3.05, 3.63) is 89.0 Å². The van der Waals surface area contributed by atoms with Gasteiger partial charge in [0.25, 0.3) is 5.91 Å². The van der Waals surface area contributed by atoms with Gasteiger partial charge >= 0.3 is 0 Å². The Kier molecular flexibility index (Phi) is 10.9. The SMILES string of the molecule is CCc1cccc(-c2c(P)cccc2C(O)(CCCCOC)C2CCN(C(=O)c3ccc(CCN)cc3)CC2)c1. The van der Waals surface area contributed by atoms with Gasteiger partial charge in [-0.25, -0.2) is 0 Å². The summed E-state index contributed by atoms with van der Waals surface area (Å²) in [5, 5.41) is 13.7. The molecular formula is C34H45N2O3P. The monoisotopic (exact) mass is 560 g/mol. The number of carbonyl (C=O) groups excluding carboxylic acids is 1. The Balaban J connectivity index is 1.60. The molecule has 1 heterocycles. The number of nitrogens with zero attached hydrogens (tertiary/aromatic N) is 1. The Labute approximate surface area is 242 Å². The largest absolute Gasteiger partial charge is 0.385 e. The Hall–Kier alpha value is -2.56. The topological polar surface area (TPSA) is 75.8 Å². The zero-order chi connectivity index (χ0) is 28.5. The van der Waals surface area contributed by atoms with Crippen molar-refractivity contribution in [1.29, 1.82) is 0 Å². The third-order valence-electron chi connectivity index (χ3n) is 8.43. The molecule has 3 aromatic carbocycles. The normalized spacial score (nSPS) is 15.7. The molecule has 2 unspecified atom stereocenters. The summed E-state index contributed by atoms with van der Waals surface area (Å²) >= 11 is 0. The Morgan fingerprint density at radius 2 is 1.77 bits per heavy atom. The molecule has 1 aliphatic rings. The highest BCUT2D eigenvalue weighted by molar-refractivity contribution is 7.28. The number of aryl methyl sites for hydroxylation is 1. The van der Waals surface area contributed by atoms with Crippen LogP contribution < -0.4 is 11.0 Å². The number of likely N-dealkylation sites (tertiary alicyclic amines) is 1. The summed E-state index contributed by atoms with van der Waals surface area (Å²) in [6.45, 7) is 4.72. The second-order valence-corrected chi connectivity index (χ2v) is 11.6. The number of hydrogen-bond acceptors (Lipinski definition) is 4. The molecule has 3 aromatic rings. The smallest absolute Gasteiger partial charge is 0.253 e. The number of nitrogens with two attached hydrogens (primary N) is 1. The molecule has 4 rings (SSSR count). The van der Waals surface area contributed by atoms with Gasteiger partial charge in [-0.3, -0.25) is 4.79 Å². The lowest BCUT2D eigenvalue weighted by molar-refractivity contribution is -0.0549. The summed E-state index contributed by atoms with van der Waals surface area (Å²) in [7, 11) is 4.61. The summed E-state index contributed by atoms with van der Waals surface area (Å²) < 4.78 is 5.31. The van der Waals surface area contributed by atoms with Gasteiger partial charge in [0.15, 0.2) is 0 Å². The van der Waals surface area contributed by atoms with Crippen LogP contribution in [0.1, 0.15) is 66.1 Å². The summed E-state index contributed by atoms with van der Waals surface area (Å²) in [6.07, 6.45) is 5.72. The molecule has 214 valence electrons. The fourth-order valence-electron chi connectivity index (χ4n) is 6.12. The lowest BCUT2D eigenvalue weighted by Crippen LogP contribution is -2.46. The molecule has 2 atom stereocenters. The van der Waals surface area contributed by atoms with Crippen molar-refractivity contribution in [2.45, 2.75) is 57.5 Å². The number of rotatable bonds is 12. The van der Waals surface area contributed by atoms with Crippen molar-refractivity contribution >= 4 is 20.5 Å². The van der Waals surface area contributed by atoms with E-state index in [0.717, 1.165) is 66.1 Å². The summed E-state index contributed by atoms with van der Waals surface area (Å²) in [4.78, 5) is 15.2. The first kappa shape index (κ1) is 30.4. The fourth-order valence-corrected chi connectivity index (χ4v) is 6.56. The standard InChI is InChI=1S/C34H45N2O3P/c1-3-25-8-6-9-28(24-25)32-30(10-7-11-31(32)40)34(38,19-4-5-23-39-2)29-17-21-36(22-18-29)33(37)27-14-12-26(13-15-27)16-20-35/h6-15,24,29,38H,3-5,16-23,35,40H2,1-2H3. The van der Waals surface area contributed by atoms with Crippen LogP contribution in [0.4, 0.5) is 0 Å². The molecule has 6 heteroatoms.